The maximum absolute atomic E-state index is 12.2. The molecule has 0 bridgehead atoms. The number of carbonyl (C=O) groups is 6. The number of unbranched alkanes of at least 4 members (excludes halogenated alkanes) is 2. The van der Waals surface area contributed by atoms with Crippen LogP contribution in [0.3, 0.4) is 0 Å². The third-order valence-electron chi connectivity index (χ3n) is 14.8. The number of nitrogens with one attached hydrogen (secondary N) is 4. The summed E-state index contributed by atoms with van der Waals surface area (Å²) in [6.07, 6.45) is 11.3. The van der Waals surface area contributed by atoms with Crippen LogP contribution in [0.4, 0.5) is 0 Å². The van der Waals surface area contributed by atoms with Crippen LogP contribution in [0.2, 0.25) is 0 Å². The molecule has 0 saturated heterocycles. The minimum absolute atomic E-state index is 0. The van der Waals surface area contributed by atoms with Crippen LogP contribution in [0, 0.1) is 0 Å². The van der Waals surface area contributed by atoms with Crippen LogP contribution in [0.1, 0.15) is 380 Å². The first-order valence-electron chi connectivity index (χ1n) is 46.5. The zero-order valence-corrected chi connectivity index (χ0v) is 83.0. The average molecular weight is 1680 g/mol. The molecule has 0 spiro atoms. The molecule has 6 N–H and O–H groups in total. The van der Waals surface area contributed by atoms with Gasteiger partial charge in [-0.25, -0.2) is 0 Å². The normalized spacial score (nSPS) is 9.30. The van der Waals surface area contributed by atoms with E-state index in [1.807, 2.05) is 410 Å². The zero-order valence-electron chi connectivity index (χ0n) is 83.0. The van der Waals surface area contributed by atoms with E-state index in [4.69, 9.17) is 10.2 Å². The van der Waals surface area contributed by atoms with Crippen LogP contribution in [-0.2, 0) is 9.59 Å². The van der Waals surface area contributed by atoms with Crippen molar-refractivity contribution in [3.8, 4) is 0 Å². The molecule has 12 nitrogen and oxygen atoms in total. The number of carbonyl (C=O) groups excluding carboxylic acids is 5. The van der Waals surface area contributed by atoms with Crippen molar-refractivity contribution in [2.75, 3.05) is 32.8 Å². The van der Waals surface area contributed by atoms with Crippen molar-refractivity contribution in [1.29, 1.82) is 0 Å². The molecule has 0 aromatic heterocycles. The van der Waals surface area contributed by atoms with Gasteiger partial charge in [-0.1, -0.05) is 428 Å². The molecule has 4 amide bonds. The molecule has 8 aromatic carbocycles. The fourth-order valence-electron chi connectivity index (χ4n) is 9.85. The molecular weight excluding hydrogens is 1490 g/mol. The standard InChI is InChI=1S/C19H21NO3.C19H23NO2.C19H21NO2.C19H21NO.16C2H6.B/c21-18(22)13-7-12-17(15-8-3-1-4-9-15)14-20-19(23)16-10-5-2-6-11-16;2*21-14-8-7-13-18(16-9-3-1-4-10-16)15-20-19(22)17-11-5-2-6-12-17;1-2-3-10-18(16-11-6-4-7-12-16)15-20-19(21)17-13-8-5-9-14-17;16*1-2;/h1-6,8-11,17H,7,12-14H2,(H,20,23)(H,21,22);1-6,9-12,18,21H,7-8,13-15H2,(H,20,22);1-6,9-12,14,18H,7-8,13,15H2,(H,20,22);2,4-9,11-14,18H,1,3,10,15H2,(H,20,21);16*1-2H3;. The maximum Gasteiger partial charge on any atom is 0.303 e. The lowest BCUT2D eigenvalue weighted by Crippen LogP contribution is -2.28. The molecule has 0 fully saturated rings. The summed E-state index contributed by atoms with van der Waals surface area (Å²) >= 11 is 0. The van der Waals surface area contributed by atoms with Crippen molar-refractivity contribution in [3.05, 3.63) is 300 Å². The molecule has 8 rings (SSSR count). The number of carboxylic acids is 1. The lowest BCUT2D eigenvalue weighted by molar-refractivity contribution is -0.137. The summed E-state index contributed by atoms with van der Waals surface area (Å²) in [7, 11) is 0. The van der Waals surface area contributed by atoms with E-state index in [-0.39, 0.29) is 62.8 Å². The second-order valence-corrected chi connectivity index (χ2v) is 21.2. The monoisotopic (exact) mass is 1670 g/mol. The van der Waals surface area contributed by atoms with Crippen molar-refractivity contribution in [3.63, 3.8) is 0 Å². The Morgan fingerprint density at radius 3 is 0.661 bits per heavy atom. The number of aldehydes is 1. The number of aliphatic hydroxyl groups is 1. The summed E-state index contributed by atoms with van der Waals surface area (Å²) in [5.41, 5.74) is 7.49. The van der Waals surface area contributed by atoms with E-state index in [0.717, 1.165) is 63.2 Å². The number of amides is 4. The van der Waals surface area contributed by atoms with Crippen LogP contribution >= 0.6 is 0 Å². The van der Waals surface area contributed by atoms with Gasteiger partial charge in [-0.3, -0.25) is 24.0 Å². The van der Waals surface area contributed by atoms with E-state index in [1.165, 1.54) is 16.7 Å². The minimum atomic E-state index is -0.787. The van der Waals surface area contributed by atoms with E-state index in [0.29, 0.717) is 67.2 Å². The van der Waals surface area contributed by atoms with E-state index in [2.05, 4.69) is 64.2 Å². The predicted octanol–water partition coefficient (Wildman–Crippen LogP) is 30.6. The first-order valence-corrected chi connectivity index (χ1v) is 46.5. The summed E-state index contributed by atoms with van der Waals surface area (Å²) < 4.78 is 0. The highest BCUT2D eigenvalue weighted by atomic mass is 16.4. The number of benzene rings is 8. The Balaban J connectivity index is -0.000000104. The van der Waals surface area contributed by atoms with Crippen LogP contribution in [0.5, 0.6) is 0 Å². The van der Waals surface area contributed by atoms with Gasteiger partial charge >= 0.3 is 5.97 Å². The smallest absolute Gasteiger partial charge is 0.303 e. The Hall–Kier alpha value is -9.46. The van der Waals surface area contributed by atoms with E-state index in [1.54, 1.807) is 24.3 Å². The third kappa shape index (κ3) is 81.3. The number of aliphatic carboxylic acids is 1. The molecule has 4 atom stereocenters. The van der Waals surface area contributed by atoms with Crippen molar-refractivity contribution in [1.82, 2.24) is 21.3 Å². The highest BCUT2D eigenvalue weighted by Crippen LogP contribution is 2.25. The quantitative estimate of drug-likeness (QED) is 0.0107. The maximum atomic E-state index is 12.2. The van der Waals surface area contributed by atoms with Crippen LogP contribution in [0.25, 0.3) is 0 Å². The molecule has 0 aliphatic carbocycles. The lowest BCUT2D eigenvalue weighted by Gasteiger charge is -2.18. The lowest BCUT2D eigenvalue weighted by atomic mass is 9.93. The average Bonchev–Trinajstić information content (AvgIpc) is 0.926. The van der Waals surface area contributed by atoms with E-state index in [9.17, 15) is 28.8 Å². The van der Waals surface area contributed by atoms with Crippen molar-refractivity contribution < 1.29 is 39.0 Å². The highest BCUT2D eigenvalue weighted by Gasteiger charge is 2.18. The van der Waals surface area contributed by atoms with Crippen LogP contribution in [0.15, 0.2) is 255 Å². The van der Waals surface area contributed by atoms with Gasteiger partial charge in [-0.15, -0.1) is 6.58 Å². The second kappa shape index (κ2) is 124. The van der Waals surface area contributed by atoms with Crippen molar-refractivity contribution >= 4 is 44.3 Å². The molecule has 121 heavy (non-hydrogen) atoms. The number of rotatable bonds is 31. The van der Waals surface area contributed by atoms with Gasteiger partial charge in [0.25, 0.3) is 23.6 Å². The van der Waals surface area contributed by atoms with Gasteiger partial charge in [0, 0.05) is 100.0 Å². The number of hydrogen-bond acceptors (Lipinski definition) is 7. The van der Waals surface area contributed by atoms with Gasteiger partial charge in [0.15, 0.2) is 0 Å². The van der Waals surface area contributed by atoms with Gasteiger partial charge in [0.2, 0.25) is 0 Å². The Kier molecular flexibility index (Phi) is 144. The molecule has 13 heteroatoms. The van der Waals surface area contributed by atoms with Gasteiger partial charge in [0.05, 0.1) is 0 Å². The summed E-state index contributed by atoms with van der Waals surface area (Å²) in [4.78, 5) is 69.8. The molecule has 0 heterocycles. The van der Waals surface area contributed by atoms with E-state index < -0.39 is 5.97 Å². The predicted molar refractivity (Wildman–Crippen MR) is 541 cm³/mol. The van der Waals surface area contributed by atoms with Gasteiger partial charge in [-0.05, 0) is 122 Å². The Morgan fingerprint density at radius 1 is 0.281 bits per heavy atom. The van der Waals surface area contributed by atoms with Gasteiger partial charge in [-0.2, -0.15) is 0 Å². The number of carboxylic acid groups (broad SMARTS) is 1. The third-order valence-corrected chi connectivity index (χ3v) is 14.8. The van der Waals surface area contributed by atoms with Crippen LogP contribution in [-0.4, -0.2) is 87.3 Å². The van der Waals surface area contributed by atoms with Crippen molar-refractivity contribution in [2.45, 2.75) is 316 Å². The molecule has 0 saturated carbocycles. The van der Waals surface area contributed by atoms with Gasteiger partial charge in [0.1, 0.15) is 6.29 Å². The number of hydrogen-bond donors (Lipinski definition) is 6. The zero-order chi connectivity index (χ0) is 94.7. The second-order valence-electron chi connectivity index (χ2n) is 21.2. The number of allylic oxidation sites excluding steroid dienone is 1. The van der Waals surface area contributed by atoms with Gasteiger partial charge < -0.3 is 36.3 Å². The summed E-state index contributed by atoms with van der Waals surface area (Å²) in [5.74, 6) is -0.0695. The minimum Gasteiger partial charge on any atom is -0.481 e. The van der Waals surface area contributed by atoms with E-state index >= 15 is 0 Å². The van der Waals surface area contributed by atoms with Crippen LogP contribution < -0.4 is 21.3 Å². The molecule has 0 aliphatic heterocycles. The Labute approximate surface area is 748 Å². The number of aliphatic hydroxyl groups excluding tert-OH is 1. The van der Waals surface area contributed by atoms with Crippen molar-refractivity contribution in [2.24, 2.45) is 0 Å². The molecular formula is C108H182BN4O8. The first-order chi connectivity index (χ1) is 59.1. The topological polar surface area (TPSA) is 191 Å². The largest absolute Gasteiger partial charge is 0.481 e. The molecule has 685 valence electrons. The summed E-state index contributed by atoms with van der Waals surface area (Å²) in [6, 6.07) is 77.4. The Morgan fingerprint density at radius 2 is 0.471 bits per heavy atom. The highest BCUT2D eigenvalue weighted by molar-refractivity contribution is 5.95. The fourth-order valence-corrected chi connectivity index (χ4v) is 9.85. The Bertz CT molecular complexity index is 3210. The summed E-state index contributed by atoms with van der Waals surface area (Å²) in [6.45, 7) is 70.3. The summed E-state index contributed by atoms with van der Waals surface area (Å²) in [5, 5.41) is 29.7. The molecule has 8 aromatic rings. The molecule has 4 unspecified atom stereocenters. The SMILES string of the molecule is C=CCCC(CNC(=O)c1ccccc1)c1ccccc1.CC.CC.CC.CC.CC.CC.CC.CC.CC.CC.CC.CC.CC.CC.CC.CC.O=C(NCC(CCCCO)c1ccccc1)c1ccccc1.O=C(O)CCCC(CNC(=O)c1ccccc1)c1ccccc1.O=CCCCC(CNC(=O)c1ccccc1)c1ccccc1.[B]. The fraction of sp³-hybridized carbons (Fsp3) is 0.481. The first kappa shape index (κ1) is 140. The molecule has 0 aliphatic rings. The molecule has 3 radical (unpaired) electrons.